The molecule has 0 radical (unpaired) electrons. The second kappa shape index (κ2) is 8.78. The molecule has 2 aliphatic heterocycles. The van der Waals surface area contributed by atoms with E-state index in [1.807, 2.05) is 36.1 Å². The molecule has 2 aromatic rings. The summed E-state index contributed by atoms with van der Waals surface area (Å²) < 4.78 is 5.35. The number of aryl methyl sites for hydroxylation is 1. The number of carbonyl (C=O) groups is 2. The number of hydrogen-bond donors (Lipinski definition) is 2. The van der Waals surface area contributed by atoms with Crippen molar-refractivity contribution in [2.75, 3.05) is 26.2 Å². The minimum Gasteiger partial charge on any atom is -0.354 e. The van der Waals surface area contributed by atoms with E-state index in [-0.39, 0.29) is 29.5 Å². The van der Waals surface area contributed by atoms with Crippen LogP contribution in [-0.4, -0.2) is 54.1 Å². The normalized spacial score (nSPS) is 21.9. The number of nitrogens with one attached hydrogen (secondary N) is 2. The molecule has 0 bridgehead atoms. The summed E-state index contributed by atoms with van der Waals surface area (Å²) in [6.07, 6.45) is 3.88. The highest BCUT2D eigenvalue weighted by Gasteiger charge is 2.28. The first kappa shape index (κ1) is 19.6. The SMILES string of the molecule is Cc1ccc(-c2cc(C(=O)N3CCCC(CNC(=O)C4CCCN4)C3)on2)cc1. The molecule has 2 aliphatic rings. The lowest BCUT2D eigenvalue weighted by atomic mass is 9.97. The molecule has 1 aromatic carbocycles. The smallest absolute Gasteiger partial charge is 0.292 e. The van der Waals surface area contributed by atoms with Crippen LogP contribution in [0.1, 0.15) is 41.8 Å². The Kier molecular flexibility index (Phi) is 5.94. The lowest BCUT2D eigenvalue weighted by Gasteiger charge is -2.32. The van der Waals surface area contributed by atoms with Crippen LogP contribution in [0.15, 0.2) is 34.9 Å². The maximum atomic E-state index is 12.9. The molecule has 2 saturated heterocycles. The van der Waals surface area contributed by atoms with Gasteiger partial charge in [-0.2, -0.15) is 0 Å². The molecule has 7 nitrogen and oxygen atoms in total. The molecular formula is C22H28N4O3. The van der Waals surface area contributed by atoms with E-state index in [0.29, 0.717) is 25.3 Å². The number of benzene rings is 1. The third-order valence-corrected chi connectivity index (χ3v) is 5.82. The minimum atomic E-state index is -0.135. The topological polar surface area (TPSA) is 87.5 Å². The van der Waals surface area contributed by atoms with E-state index in [1.54, 1.807) is 6.07 Å². The van der Waals surface area contributed by atoms with Gasteiger partial charge < -0.3 is 20.1 Å². The molecule has 0 aliphatic carbocycles. The Morgan fingerprint density at radius 3 is 2.83 bits per heavy atom. The van der Waals surface area contributed by atoms with Crippen LogP contribution in [0.5, 0.6) is 0 Å². The van der Waals surface area contributed by atoms with Crippen molar-refractivity contribution in [3.8, 4) is 11.3 Å². The van der Waals surface area contributed by atoms with Gasteiger partial charge >= 0.3 is 0 Å². The number of hydrogen-bond acceptors (Lipinski definition) is 5. The number of nitrogens with zero attached hydrogens (tertiary/aromatic N) is 2. The van der Waals surface area contributed by atoms with Crippen LogP contribution in [-0.2, 0) is 4.79 Å². The molecule has 2 N–H and O–H groups in total. The maximum absolute atomic E-state index is 12.9. The van der Waals surface area contributed by atoms with Gasteiger partial charge in [0.2, 0.25) is 11.7 Å². The van der Waals surface area contributed by atoms with Gasteiger partial charge in [0.1, 0.15) is 5.69 Å². The Morgan fingerprint density at radius 1 is 1.24 bits per heavy atom. The van der Waals surface area contributed by atoms with Gasteiger partial charge in [-0.25, -0.2) is 0 Å². The second-order valence-electron chi connectivity index (χ2n) is 8.10. The fourth-order valence-corrected chi connectivity index (χ4v) is 4.08. The van der Waals surface area contributed by atoms with Crippen LogP contribution >= 0.6 is 0 Å². The summed E-state index contributed by atoms with van der Waals surface area (Å²) in [6, 6.07) is 9.61. The first-order chi connectivity index (χ1) is 14.1. The Morgan fingerprint density at radius 2 is 2.07 bits per heavy atom. The number of aromatic nitrogens is 1. The van der Waals surface area contributed by atoms with Crippen molar-refractivity contribution in [2.45, 2.75) is 38.6 Å². The Labute approximate surface area is 170 Å². The highest BCUT2D eigenvalue weighted by molar-refractivity contribution is 5.92. The molecule has 29 heavy (non-hydrogen) atoms. The fourth-order valence-electron chi connectivity index (χ4n) is 4.08. The highest BCUT2D eigenvalue weighted by atomic mass is 16.5. The van der Waals surface area contributed by atoms with Crippen molar-refractivity contribution in [1.82, 2.24) is 20.7 Å². The van der Waals surface area contributed by atoms with Gasteiger partial charge in [-0.15, -0.1) is 0 Å². The van der Waals surface area contributed by atoms with E-state index in [9.17, 15) is 9.59 Å². The Hall–Kier alpha value is -2.67. The van der Waals surface area contributed by atoms with Crippen LogP contribution in [0, 0.1) is 12.8 Å². The van der Waals surface area contributed by atoms with Crippen LogP contribution in [0.3, 0.4) is 0 Å². The van der Waals surface area contributed by atoms with Gasteiger partial charge in [-0.3, -0.25) is 9.59 Å². The average molecular weight is 396 g/mol. The molecule has 2 atom stereocenters. The molecule has 3 heterocycles. The summed E-state index contributed by atoms with van der Waals surface area (Å²) in [5.41, 5.74) is 2.76. The molecular weight excluding hydrogens is 368 g/mol. The highest BCUT2D eigenvalue weighted by Crippen LogP contribution is 2.23. The van der Waals surface area contributed by atoms with Crippen molar-refractivity contribution in [3.63, 3.8) is 0 Å². The van der Waals surface area contributed by atoms with Gasteiger partial charge in [0.15, 0.2) is 0 Å². The zero-order valence-corrected chi connectivity index (χ0v) is 16.8. The van der Waals surface area contributed by atoms with Crippen LogP contribution in [0.4, 0.5) is 0 Å². The number of piperidine rings is 1. The summed E-state index contributed by atoms with van der Waals surface area (Å²) in [7, 11) is 0. The molecule has 1 aromatic heterocycles. The van der Waals surface area contributed by atoms with Crippen molar-refractivity contribution >= 4 is 11.8 Å². The van der Waals surface area contributed by atoms with E-state index >= 15 is 0 Å². The van der Waals surface area contributed by atoms with Gasteiger partial charge in [-0.05, 0) is 45.1 Å². The Balaban J connectivity index is 1.33. The summed E-state index contributed by atoms with van der Waals surface area (Å²) in [4.78, 5) is 26.9. The van der Waals surface area contributed by atoms with Crippen molar-refractivity contribution in [3.05, 3.63) is 41.7 Å². The Bertz CT molecular complexity index is 855. The number of carbonyl (C=O) groups excluding carboxylic acids is 2. The summed E-state index contributed by atoms with van der Waals surface area (Å²) in [6.45, 7) is 4.87. The number of amides is 2. The molecule has 2 amide bonds. The van der Waals surface area contributed by atoms with Crippen molar-refractivity contribution < 1.29 is 14.1 Å². The molecule has 0 spiro atoms. The lowest BCUT2D eigenvalue weighted by molar-refractivity contribution is -0.123. The van der Waals surface area contributed by atoms with E-state index in [1.165, 1.54) is 5.56 Å². The third-order valence-electron chi connectivity index (χ3n) is 5.82. The van der Waals surface area contributed by atoms with E-state index in [0.717, 1.165) is 37.8 Å². The molecule has 7 heteroatoms. The summed E-state index contributed by atoms with van der Waals surface area (Å²) in [5.74, 6) is 0.464. The molecule has 2 unspecified atom stereocenters. The first-order valence-electron chi connectivity index (χ1n) is 10.4. The quantitative estimate of drug-likeness (QED) is 0.810. The molecule has 4 rings (SSSR count). The summed E-state index contributed by atoms with van der Waals surface area (Å²) in [5, 5.41) is 10.3. The van der Waals surface area contributed by atoms with E-state index in [4.69, 9.17) is 4.52 Å². The van der Waals surface area contributed by atoms with Gasteiger partial charge in [0.25, 0.3) is 5.91 Å². The molecule has 154 valence electrons. The second-order valence-corrected chi connectivity index (χ2v) is 8.10. The van der Waals surface area contributed by atoms with Gasteiger partial charge in [-0.1, -0.05) is 35.0 Å². The average Bonchev–Trinajstić information content (AvgIpc) is 3.45. The van der Waals surface area contributed by atoms with E-state index in [2.05, 4.69) is 15.8 Å². The fraction of sp³-hybridized carbons (Fsp3) is 0.500. The largest absolute Gasteiger partial charge is 0.354 e. The van der Waals surface area contributed by atoms with Crippen LogP contribution in [0.2, 0.25) is 0 Å². The third kappa shape index (κ3) is 4.67. The predicted molar refractivity (Wildman–Crippen MR) is 109 cm³/mol. The van der Waals surface area contributed by atoms with Crippen LogP contribution < -0.4 is 10.6 Å². The van der Waals surface area contributed by atoms with Crippen molar-refractivity contribution in [1.29, 1.82) is 0 Å². The zero-order valence-electron chi connectivity index (χ0n) is 16.8. The molecule has 2 fully saturated rings. The number of likely N-dealkylation sites (tertiary alicyclic amines) is 1. The lowest BCUT2D eigenvalue weighted by Crippen LogP contribution is -2.46. The standard InChI is InChI=1S/C22H28N4O3/c1-15-6-8-17(9-7-15)19-12-20(29-25-19)22(28)26-11-3-4-16(14-26)13-24-21(27)18-5-2-10-23-18/h6-9,12,16,18,23H,2-5,10-11,13-14H2,1H3,(H,24,27). The molecule has 0 saturated carbocycles. The number of rotatable bonds is 5. The van der Waals surface area contributed by atoms with Gasteiger partial charge in [0, 0.05) is 31.3 Å². The minimum absolute atomic E-state index is 0.0642. The van der Waals surface area contributed by atoms with Crippen molar-refractivity contribution in [2.24, 2.45) is 5.92 Å². The predicted octanol–water partition coefficient (Wildman–Crippen LogP) is 2.37. The van der Waals surface area contributed by atoms with Gasteiger partial charge in [0.05, 0.1) is 6.04 Å². The maximum Gasteiger partial charge on any atom is 0.292 e. The monoisotopic (exact) mass is 396 g/mol. The zero-order chi connectivity index (χ0) is 20.2. The van der Waals surface area contributed by atoms with E-state index < -0.39 is 0 Å². The summed E-state index contributed by atoms with van der Waals surface area (Å²) >= 11 is 0. The first-order valence-corrected chi connectivity index (χ1v) is 10.4. The van der Waals surface area contributed by atoms with Crippen LogP contribution in [0.25, 0.3) is 11.3 Å².